The standard InChI is InChI=1S/C25H33NO5/c1-5-28-21-15-19(16-22(29-6-2)24(21)30-7-3)25(27)26-20-9-8-14-31-23(20)18-12-10-17(4)11-13-18/h10-13,15-16,20,23H,5-9,14H2,1-4H3,(H,26,27). The van der Waals surface area contributed by atoms with Gasteiger partial charge >= 0.3 is 0 Å². The quantitative estimate of drug-likeness (QED) is 0.620. The minimum atomic E-state index is -0.183. The van der Waals surface area contributed by atoms with Crippen LogP contribution < -0.4 is 19.5 Å². The average Bonchev–Trinajstić information content (AvgIpc) is 2.77. The van der Waals surface area contributed by atoms with Crippen molar-refractivity contribution >= 4 is 5.91 Å². The van der Waals surface area contributed by atoms with Crippen LogP contribution in [0.5, 0.6) is 17.2 Å². The van der Waals surface area contributed by atoms with Crippen LogP contribution in [-0.2, 0) is 4.74 Å². The fraction of sp³-hybridized carbons (Fsp3) is 0.480. The Kier molecular flexibility index (Phi) is 8.18. The van der Waals surface area contributed by atoms with E-state index in [1.807, 2.05) is 20.8 Å². The molecule has 1 saturated heterocycles. The van der Waals surface area contributed by atoms with Crippen LogP contribution in [0.3, 0.4) is 0 Å². The van der Waals surface area contributed by atoms with E-state index in [9.17, 15) is 4.79 Å². The summed E-state index contributed by atoms with van der Waals surface area (Å²) in [5.74, 6) is 1.37. The van der Waals surface area contributed by atoms with Crippen molar-refractivity contribution in [1.29, 1.82) is 0 Å². The van der Waals surface area contributed by atoms with Crippen LogP contribution >= 0.6 is 0 Å². The van der Waals surface area contributed by atoms with Crippen molar-refractivity contribution in [2.45, 2.75) is 52.7 Å². The fourth-order valence-corrected chi connectivity index (χ4v) is 3.79. The molecule has 1 amide bonds. The van der Waals surface area contributed by atoms with Gasteiger partial charge in [-0.15, -0.1) is 0 Å². The van der Waals surface area contributed by atoms with Crippen molar-refractivity contribution in [2.75, 3.05) is 26.4 Å². The molecule has 1 fully saturated rings. The Bertz CT molecular complexity index is 838. The van der Waals surface area contributed by atoms with Gasteiger partial charge in [-0.25, -0.2) is 0 Å². The van der Waals surface area contributed by atoms with E-state index < -0.39 is 0 Å². The van der Waals surface area contributed by atoms with Crippen molar-refractivity contribution in [2.24, 2.45) is 0 Å². The first-order valence-electron chi connectivity index (χ1n) is 11.1. The molecule has 0 radical (unpaired) electrons. The van der Waals surface area contributed by atoms with Crippen LogP contribution in [0, 0.1) is 6.92 Å². The van der Waals surface area contributed by atoms with Crippen LogP contribution in [-0.4, -0.2) is 38.4 Å². The van der Waals surface area contributed by atoms with E-state index in [-0.39, 0.29) is 18.1 Å². The largest absolute Gasteiger partial charge is 0.490 e. The Morgan fingerprint density at radius 2 is 1.61 bits per heavy atom. The summed E-state index contributed by atoms with van der Waals surface area (Å²) in [6.45, 7) is 9.84. The molecule has 2 aromatic carbocycles. The van der Waals surface area contributed by atoms with Gasteiger partial charge in [0, 0.05) is 12.2 Å². The predicted octanol–water partition coefficient (Wildman–Crippen LogP) is 4.84. The molecule has 0 aliphatic carbocycles. The summed E-state index contributed by atoms with van der Waals surface area (Å²) in [4.78, 5) is 13.2. The van der Waals surface area contributed by atoms with Crippen LogP contribution in [0.25, 0.3) is 0 Å². The van der Waals surface area contributed by atoms with E-state index in [0.29, 0.717) is 49.2 Å². The van der Waals surface area contributed by atoms with Gasteiger partial charge in [-0.05, 0) is 58.2 Å². The maximum absolute atomic E-state index is 13.2. The van der Waals surface area contributed by atoms with Gasteiger partial charge in [-0.1, -0.05) is 29.8 Å². The Morgan fingerprint density at radius 1 is 1.00 bits per heavy atom. The Labute approximate surface area is 184 Å². The van der Waals surface area contributed by atoms with Crippen LogP contribution in [0.4, 0.5) is 0 Å². The van der Waals surface area contributed by atoms with Crippen molar-refractivity contribution in [3.05, 3.63) is 53.1 Å². The predicted molar refractivity (Wildman–Crippen MR) is 120 cm³/mol. The highest BCUT2D eigenvalue weighted by Gasteiger charge is 2.29. The van der Waals surface area contributed by atoms with E-state index >= 15 is 0 Å². The van der Waals surface area contributed by atoms with E-state index in [0.717, 1.165) is 18.4 Å². The zero-order valence-electron chi connectivity index (χ0n) is 18.9. The van der Waals surface area contributed by atoms with Crippen LogP contribution in [0.15, 0.2) is 36.4 Å². The lowest BCUT2D eigenvalue weighted by atomic mass is 9.95. The lowest BCUT2D eigenvalue weighted by molar-refractivity contribution is -0.00947. The number of benzene rings is 2. The highest BCUT2D eigenvalue weighted by molar-refractivity contribution is 5.96. The molecule has 2 unspecified atom stereocenters. The summed E-state index contributed by atoms with van der Waals surface area (Å²) in [6, 6.07) is 11.6. The Hall–Kier alpha value is -2.73. The molecule has 168 valence electrons. The molecule has 0 spiro atoms. The number of carbonyl (C=O) groups excluding carboxylic acids is 1. The topological polar surface area (TPSA) is 66.0 Å². The van der Waals surface area contributed by atoms with E-state index in [4.69, 9.17) is 18.9 Å². The van der Waals surface area contributed by atoms with Gasteiger partial charge in [-0.3, -0.25) is 4.79 Å². The number of hydrogen-bond donors (Lipinski definition) is 1. The molecule has 1 heterocycles. The van der Waals surface area contributed by atoms with Gasteiger partial charge in [0.2, 0.25) is 5.75 Å². The van der Waals surface area contributed by atoms with Gasteiger partial charge in [0.1, 0.15) is 6.10 Å². The normalized spacial score (nSPS) is 18.3. The first-order valence-corrected chi connectivity index (χ1v) is 11.1. The molecule has 0 aromatic heterocycles. The third kappa shape index (κ3) is 5.70. The van der Waals surface area contributed by atoms with Gasteiger partial charge in [-0.2, -0.15) is 0 Å². The summed E-state index contributed by atoms with van der Waals surface area (Å²) in [5, 5.41) is 3.17. The molecule has 2 atom stereocenters. The number of nitrogens with one attached hydrogen (secondary N) is 1. The SMILES string of the molecule is CCOc1cc(C(=O)NC2CCCOC2c2ccc(C)cc2)cc(OCC)c1OCC. The maximum Gasteiger partial charge on any atom is 0.251 e. The molecular weight excluding hydrogens is 394 g/mol. The highest BCUT2D eigenvalue weighted by Crippen LogP contribution is 2.39. The van der Waals surface area contributed by atoms with Crippen LogP contribution in [0.2, 0.25) is 0 Å². The number of rotatable bonds is 9. The third-order valence-corrected chi connectivity index (χ3v) is 5.22. The molecule has 2 aromatic rings. The highest BCUT2D eigenvalue weighted by atomic mass is 16.5. The van der Waals surface area contributed by atoms with Crippen molar-refractivity contribution in [3.8, 4) is 17.2 Å². The molecule has 3 rings (SSSR count). The third-order valence-electron chi connectivity index (χ3n) is 5.22. The summed E-state index contributed by atoms with van der Waals surface area (Å²) < 4.78 is 23.3. The lowest BCUT2D eigenvalue weighted by Gasteiger charge is -2.33. The molecular formula is C25H33NO5. The molecule has 6 nitrogen and oxygen atoms in total. The lowest BCUT2D eigenvalue weighted by Crippen LogP contribution is -2.42. The summed E-state index contributed by atoms with van der Waals surface area (Å²) >= 11 is 0. The number of amides is 1. The fourth-order valence-electron chi connectivity index (χ4n) is 3.79. The van der Waals surface area contributed by atoms with Crippen LogP contribution in [0.1, 0.15) is 61.2 Å². The zero-order chi connectivity index (χ0) is 22.2. The molecule has 1 aliphatic rings. The molecule has 31 heavy (non-hydrogen) atoms. The molecule has 1 aliphatic heterocycles. The first-order chi connectivity index (χ1) is 15.1. The minimum absolute atomic E-state index is 0.110. The monoisotopic (exact) mass is 427 g/mol. The van der Waals surface area contributed by atoms with E-state index in [2.05, 4.69) is 36.5 Å². The molecule has 1 N–H and O–H groups in total. The second kappa shape index (κ2) is 11.0. The number of ether oxygens (including phenoxy) is 4. The smallest absolute Gasteiger partial charge is 0.251 e. The number of carbonyl (C=O) groups is 1. The molecule has 0 bridgehead atoms. The van der Waals surface area contributed by atoms with Gasteiger partial charge in [0.05, 0.1) is 25.9 Å². The van der Waals surface area contributed by atoms with E-state index in [1.165, 1.54) is 5.56 Å². The number of aryl methyl sites for hydroxylation is 1. The average molecular weight is 428 g/mol. The zero-order valence-corrected chi connectivity index (χ0v) is 18.9. The first kappa shape index (κ1) is 22.9. The summed E-state index contributed by atoms with van der Waals surface area (Å²) in [7, 11) is 0. The minimum Gasteiger partial charge on any atom is -0.490 e. The van der Waals surface area contributed by atoms with Crippen molar-refractivity contribution < 1.29 is 23.7 Å². The second-order valence-electron chi connectivity index (χ2n) is 7.52. The van der Waals surface area contributed by atoms with Gasteiger partial charge in [0.25, 0.3) is 5.91 Å². The number of hydrogen-bond acceptors (Lipinski definition) is 5. The molecule has 0 saturated carbocycles. The van der Waals surface area contributed by atoms with Gasteiger partial charge < -0.3 is 24.3 Å². The van der Waals surface area contributed by atoms with E-state index in [1.54, 1.807) is 12.1 Å². The second-order valence-corrected chi connectivity index (χ2v) is 7.52. The van der Waals surface area contributed by atoms with Crippen molar-refractivity contribution in [1.82, 2.24) is 5.32 Å². The summed E-state index contributed by atoms with van der Waals surface area (Å²) in [5.41, 5.74) is 2.75. The van der Waals surface area contributed by atoms with Crippen molar-refractivity contribution in [3.63, 3.8) is 0 Å². The maximum atomic E-state index is 13.2. The Balaban J connectivity index is 1.85. The molecule has 6 heteroatoms. The van der Waals surface area contributed by atoms with Gasteiger partial charge in [0.15, 0.2) is 11.5 Å². The summed E-state index contributed by atoms with van der Waals surface area (Å²) in [6.07, 6.45) is 1.60. The Morgan fingerprint density at radius 3 is 2.19 bits per heavy atom.